The lowest BCUT2D eigenvalue weighted by Crippen LogP contribution is -2.43. The molecule has 0 saturated carbocycles. The molecule has 0 aliphatic carbocycles. The van der Waals surface area contributed by atoms with Crippen LogP contribution in [0.1, 0.15) is 30.3 Å². The molecule has 94 valence electrons. The molecule has 1 amide bonds. The fraction of sp³-hybridized carbons (Fsp3) is 0.583. The van der Waals surface area contributed by atoms with Crippen molar-refractivity contribution in [3.05, 3.63) is 23.1 Å². The van der Waals surface area contributed by atoms with Crippen molar-refractivity contribution < 1.29 is 13.9 Å². The zero-order valence-electron chi connectivity index (χ0n) is 9.82. The van der Waals surface area contributed by atoms with Crippen molar-refractivity contribution in [2.45, 2.75) is 25.9 Å². The summed E-state index contributed by atoms with van der Waals surface area (Å²) in [5, 5.41) is 0.242. The number of likely N-dealkylation sites (tertiary alicyclic amines) is 1. The normalized spacial score (nSPS) is 20.6. The fourth-order valence-corrected chi connectivity index (χ4v) is 2.23. The minimum Gasteiger partial charge on any atom is -0.440 e. The highest BCUT2D eigenvalue weighted by Crippen LogP contribution is 2.19. The molecule has 4 nitrogen and oxygen atoms in total. The van der Waals surface area contributed by atoms with Crippen molar-refractivity contribution in [1.82, 2.24) is 4.90 Å². The van der Waals surface area contributed by atoms with E-state index in [9.17, 15) is 4.79 Å². The van der Waals surface area contributed by atoms with Crippen LogP contribution in [0.4, 0.5) is 0 Å². The van der Waals surface area contributed by atoms with Gasteiger partial charge in [-0.3, -0.25) is 4.79 Å². The fourth-order valence-electron chi connectivity index (χ4n) is 2.08. The quantitative estimate of drug-likeness (QED) is 0.836. The Bertz CT molecular complexity index is 389. The Labute approximate surface area is 105 Å². The van der Waals surface area contributed by atoms with Crippen molar-refractivity contribution >= 4 is 17.5 Å². The molecule has 1 atom stereocenters. The topological polar surface area (TPSA) is 42.7 Å². The van der Waals surface area contributed by atoms with Gasteiger partial charge in [0.2, 0.25) is 0 Å². The van der Waals surface area contributed by atoms with Gasteiger partial charge in [0.05, 0.1) is 6.10 Å². The first kappa shape index (κ1) is 12.5. The van der Waals surface area contributed by atoms with Gasteiger partial charge < -0.3 is 14.1 Å². The van der Waals surface area contributed by atoms with E-state index in [2.05, 4.69) is 0 Å². The minimum atomic E-state index is -0.110. The second kappa shape index (κ2) is 5.56. The van der Waals surface area contributed by atoms with Gasteiger partial charge in [0, 0.05) is 19.7 Å². The summed E-state index contributed by atoms with van der Waals surface area (Å²) in [5.74, 6) is 0.188. The summed E-state index contributed by atoms with van der Waals surface area (Å²) < 4.78 is 10.7. The first-order valence-electron chi connectivity index (χ1n) is 5.87. The monoisotopic (exact) mass is 257 g/mol. The number of amides is 1. The van der Waals surface area contributed by atoms with Crippen LogP contribution in [-0.2, 0) is 4.74 Å². The van der Waals surface area contributed by atoms with Crippen molar-refractivity contribution in [3.8, 4) is 0 Å². The van der Waals surface area contributed by atoms with Crippen LogP contribution >= 0.6 is 11.6 Å². The molecule has 0 aromatic carbocycles. The predicted octanol–water partition coefficient (Wildman–Crippen LogP) is 2.57. The van der Waals surface area contributed by atoms with Gasteiger partial charge in [-0.05, 0) is 43.5 Å². The summed E-state index contributed by atoms with van der Waals surface area (Å²) in [6, 6.07) is 3.19. The van der Waals surface area contributed by atoms with E-state index in [1.54, 1.807) is 17.0 Å². The summed E-state index contributed by atoms with van der Waals surface area (Å²) in [7, 11) is 0. The summed E-state index contributed by atoms with van der Waals surface area (Å²) in [6.07, 6.45) is 2.12. The maximum absolute atomic E-state index is 12.1. The molecule has 0 radical (unpaired) electrons. The number of hydrogen-bond donors (Lipinski definition) is 0. The molecule has 1 aromatic heterocycles. The van der Waals surface area contributed by atoms with Gasteiger partial charge in [0.15, 0.2) is 11.0 Å². The van der Waals surface area contributed by atoms with E-state index < -0.39 is 0 Å². The Kier molecular flexibility index (Phi) is 4.07. The molecule has 0 spiro atoms. The average molecular weight is 258 g/mol. The number of halogens is 1. The van der Waals surface area contributed by atoms with E-state index in [0.717, 1.165) is 19.4 Å². The van der Waals surface area contributed by atoms with Crippen LogP contribution in [0.3, 0.4) is 0 Å². The average Bonchev–Trinajstić information content (AvgIpc) is 2.76. The molecule has 2 rings (SSSR count). The lowest BCUT2D eigenvalue weighted by Gasteiger charge is -2.31. The lowest BCUT2D eigenvalue weighted by molar-refractivity contribution is 0.00617. The second-order valence-electron chi connectivity index (χ2n) is 4.07. The SMILES string of the molecule is CCOC1CCCN(C(=O)c2ccc(Cl)o2)C1. The van der Waals surface area contributed by atoms with E-state index in [1.165, 1.54) is 0 Å². The van der Waals surface area contributed by atoms with Gasteiger partial charge in [-0.15, -0.1) is 0 Å². The molecule has 0 N–H and O–H groups in total. The highest BCUT2D eigenvalue weighted by atomic mass is 35.5. The molecule has 1 unspecified atom stereocenters. The maximum atomic E-state index is 12.1. The summed E-state index contributed by atoms with van der Waals surface area (Å²) >= 11 is 5.66. The number of carbonyl (C=O) groups is 1. The molecule has 2 heterocycles. The highest BCUT2D eigenvalue weighted by Gasteiger charge is 2.26. The van der Waals surface area contributed by atoms with Crippen molar-refractivity contribution in [2.24, 2.45) is 0 Å². The van der Waals surface area contributed by atoms with E-state index in [1.807, 2.05) is 6.92 Å². The molecule has 1 aromatic rings. The third-order valence-electron chi connectivity index (χ3n) is 2.85. The minimum absolute atomic E-state index is 0.110. The number of piperidine rings is 1. The van der Waals surface area contributed by atoms with E-state index in [-0.39, 0.29) is 17.2 Å². The zero-order valence-corrected chi connectivity index (χ0v) is 10.6. The first-order valence-corrected chi connectivity index (χ1v) is 6.24. The van der Waals surface area contributed by atoms with Crippen LogP contribution in [0.5, 0.6) is 0 Å². The standard InChI is InChI=1S/C12H16ClNO3/c1-2-16-9-4-3-7-14(8-9)12(15)10-5-6-11(13)17-10/h5-6,9H,2-4,7-8H2,1H3. The molecule has 1 aliphatic heterocycles. The number of ether oxygens (including phenoxy) is 1. The number of nitrogens with zero attached hydrogens (tertiary/aromatic N) is 1. The van der Waals surface area contributed by atoms with Crippen LogP contribution < -0.4 is 0 Å². The molecule has 1 saturated heterocycles. The largest absolute Gasteiger partial charge is 0.440 e. The van der Waals surface area contributed by atoms with Gasteiger partial charge >= 0.3 is 0 Å². The first-order chi connectivity index (χ1) is 8.20. The lowest BCUT2D eigenvalue weighted by atomic mass is 10.1. The third kappa shape index (κ3) is 3.01. The summed E-state index contributed by atoms with van der Waals surface area (Å²) in [5.41, 5.74) is 0. The van der Waals surface area contributed by atoms with Crippen molar-refractivity contribution in [2.75, 3.05) is 19.7 Å². The summed E-state index contributed by atoms with van der Waals surface area (Å²) in [4.78, 5) is 13.8. The molecule has 1 fully saturated rings. The van der Waals surface area contributed by atoms with Gasteiger partial charge in [-0.25, -0.2) is 0 Å². The number of carbonyl (C=O) groups excluding carboxylic acids is 1. The van der Waals surface area contributed by atoms with Crippen LogP contribution in [0.2, 0.25) is 5.22 Å². The smallest absolute Gasteiger partial charge is 0.289 e. The Morgan fingerprint density at radius 3 is 3.12 bits per heavy atom. The number of hydrogen-bond acceptors (Lipinski definition) is 3. The van der Waals surface area contributed by atoms with Crippen LogP contribution in [-0.4, -0.2) is 36.6 Å². The molecule has 5 heteroatoms. The van der Waals surface area contributed by atoms with E-state index in [4.69, 9.17) is 20.8 Å². The van der Waals surface area contributed by atoms with Crippen molar-refractivity contribution in [3.63, 3.8) is 0 Å². The Morgan fingerprint density at radius 1 is 1.65 bits per heavy atom. The Hall–Kier alpha value is -1.00. The second-order valence-corrected chi connectivity index (χ2v) is 4.45. The Morgan fingerprint density at radius 2 is 2.47 bits per heavy atom. The number of furan rings is 1. The van der Waals surface area contributed by atoms with Gasteiger partial charge in [0.1, 0.15) is 0 Å². The predicted molar refractivity (Wildman–Crippen MR) is 64.3 cm³/mol. The molecular formula is C12H16ClNO3. The molecular weight excluding hydrogens is 242 g/mol. The van der Waals surface area contributed by atoms with Gasteiger partial charge in [-0.1, -0.05) is 0 Å². The molecule has 0 bridgehead atoms. The summed E-state index contributed by atoms with van der Waals surface area (Å²) in [6.45, 7) is 4.03. The van der Waals surface area contributed by atoms with E-state index in [0.29, 0.717) is 18.9 Å². The van der Waals surface area contributed by atoms with Crippen molar-refractivity contribution in [1.29, 1.82) is 0 Å². The Balaban J connectivity index is 1.99. The van der Waals surface area contributed by atoms with Crippen LogP contribution in [0, 0.1) is 0 Å². The molecule has 1 aliphatic rings. The third-order valence-corrected chi connectivity index (χ3v) is 3.05. The number of rotatable bonds is 3. The maximum Gasteiger partial charge on any atom is 0.289 e. The van der Waals surface area contributed by atoms with Gasteiger partial charge in [-0.2, -0.15) is 0 Å². The van der Waals surface area contributed by atoms with E-state index >= 15 is 0 Å². The highest BCUT2D eigenvalue weighted by molar-refractivity contribution is 6.29. The zero-order chi connectivity index (χ0) is 12.3. The van der Waals surface area contributed by atoms with Crippen LogP contribution in [0.25, 0.3) is 0 Å². The van der Waals surface area contributed by atoms with Gasteiger partial charge in [0.25, 0.3) is 5.91 Å². The molecule has 17 heavy (non-hydrogen) atoms. The van der Waals surface area contributed by atoms with Crippen LogP contribution in [0.15, 0.2) is 16.5 Å².